The second-order valence-corrected chi connectivity index (χ2v) is 6.24. The number of rotatable bonds is 6. The molecule has 0 amide bonds. The molecule has 0 aromatic heterocycles. The molecule has 0 radical (unpaired) electrons. The van der Waals surface area contributed by atoms with Crippen LogP contribution in [0, 0.1) is 11.8 Å². The summed E-state index contributed by atoms with van der Waals surface area (Å²) in [5.41, 5.74) is -1.65. The Kier molecular flexibility index (Phi) is 5.71. The molecule has 16 heavy (non-hydrogen) atoms. The molecule has 0 aromatic rings. The van der Waals surface area contributed by atoms with Crippen molar-refractivity contribution >= 4 is 0 Å². The highest BCUT2D eigenvalue weighted by Gasteiger charge is 2.22. The maximum Gasteiger partial charge on any atom is 0.0803 e. The summed E-state index contributed by atoms with van der Waals surface area (Å²) in [6.45, 7) is 11.9. The van der Waals surface area contributed by atoms with E-state index in [0.717, 1.165) is 0 Å². The van der Waals surface area contributed by atoms with Crippen LogP contribution in [-0.2, 0) is 0 Å². The monoisotopic (exact) mass is 228 g/mol. The Morgan fingerprint density at radius 2 is 1.06 bits per heavy atom. The number of aliphatic hydroxyl groups is 2. The lowest BCUT2D eigenvalue weighted by atomic mass is 9.89. The minimum atomic E-state index is -0.824. The Bertz CT molecular complexity index is 201. The van der Waals surface area contributed by atoms with Gasteiger partial charge < -0.3 is 10.2 Å². The molecule has 0 fully saturated rings. The lowest BCUT2D eigenvalue weighted by molar-refractivity contribution is 0.0700. The van der Waals surface area contributed by atoms with Crippen LogP contribution in [0.1, 0.15) is 54.4 Å². The molecule has 0 saturated carbocycles. The van der Waals surface area contributed by atoms with E-state index in [-0.39, 0.29) is 0 Å². The molecule has 2 heteroatoms. The van der Waals surface area contributed by atoms with Crippen molar-refractivity contribution in [3.05, 3.63) is 12.2 Å². The zero-order chi connectivity index (χ0) is 13.0. The Hall–Kier alpha value is -0.340. The van der Waals surface area contributed by atoms with Gasteiger partial charge in [-0.2, -0.15) is 0 Å². The van der Waals surface area contributed by atoms with E-state index in [4.69, 9.17) is 0 Å². The van der Waals surface area contributed by atoms with Gasteiger partial charge in [-0.25, -0.2) is 0 Å². The molecule has 0 saturated heterocycles. The van der Waals surface area contributed by atoms with Crippen molar-refractivity contribution in [2.45, 2.75) is 65.6 Å². The smallest absolute Gasteiger partial charge is 0.0803 e. The first kappa shape index (κ1) is 15.7. The van der Waals surface area contributed by atoms with Crippen LogP contribution >= 0.6 is 0 Å². The fourth-order valence-electron chi connectivity index (χ4n) is 2.15. The third-order valence-corrected chi connectivity index (χ3v) is 2.44. The van der Waals surface area contributed by atoms with E-state index in [1.165, 1.54) is 0 Å². The molecular weight excluding hydrogens is 200 g/mol. The predicted molar refractivity (Wildman–Crippen MR) is 69.3 cm³/mol. The molecule has 2 atom stereocenters. The quantitative estimate of drug-likeness (QED) is 0.686. The van der Waals surface area contributed by atoms with Gasteiger partial charge in [0.05, 0.1) is 11.2 Å². The summed E-state index contributed by atoms with van der Waals surface area (Å²) in [6, 6.07) is 0. The van der Waals surface area contributed by atoms with Gasteiger partial charge in [0.2, 0.25) is 0 Å². The van der Waals surface area contributed by atoms with Crippen molar-refractivity contribution < 1.29 is 10.2 Å². The maximum atomic E-state index is 10.1. The first-order valence-corrected chi connectivity index (χ1v) is 6.19. The highest BCUT2D eigenvalue weighted by molar-refractivity contribution is 5.06. The molecule has 0 aliphatic heterocycles. The fourth-order valence-corrected chi connectivity index (χ4v) is 2.15. The van der Waals surface area contributed by atoms with Gasteiger partial charge in [-0.05, 0) is 38.5 Å². The Labute approximate surface area is 100 Å². The standard InChI is InChI=1S/C14H28O2/c1-11(2)9-13(5,15)7-8-14(6,16)10-12(3)4/h7-8,11-12,15-16H,9-10H2,1-6H3/b8-7+. The molecule has 2 nitrogen and oxygen atoms in total. The molecule has 0 aliphatic carbocycles. The van der Waals surface area contributed by atoms with Crippen molar-refractivity contribution in [2.75, 3.05) is 0 Å². The lowest BCUT2D eigenvalue weighted by Gasteiger charge is -2.25. The molecule has 0 rings (SSSR count). The number of hydrogen-bond donors (Lipinski definition) is 2. The van der Waals surface area contributed by atoms with Crippen molar-refractivity contribution in [1.82, 2.24) is 0 Å². The molecular formula is C14H28O2. The van der Waals surface area contributed by atoms with Crippen molar-refractivity contribution in [3.63, 3.8) is 0 Å². The Morgan fingerprint density at radius 3 is 1.25 bits per heavy atom. The van der Waals surface area contributed by atoms with Gasteiger partial charge in [0.1, 0.15) is 0 Å². The minimum absolute atomic E-state index is 0.440. The Balaban J connectivity index is 4.45. The van der Waals surface area contributed by atoms with Crippen LogP contribution < -0.4 is 0 Å². The van der Waals surface area contributed by atoms with Gasteiger partial charge in [0.15, 0.2) is 0 Å². The average molecular weight is 228 g/mol. The second kappa shape index (κ2) is 5.83. The van der Waals surface area contributed by atoms with E-state index in [9.17, 15) is 10.2 Å². The van der Waals surface area contributed by atoms with Gasteiger partial charge in [0.25, 0.3) is 0 Å². The zero-order valence-corrected chi connectivity index (χ0v) is 11.6. The third-order valence-electron chi connectivity index (χ3n) is 2.44. The first-order valence-electron chi connectivity index (χ1n) is 6.19. The normalized spacial score (nSPS) is 20.4. The van der Waals surface area contributed by atoms with E-state index in [1.54, 1.807) is 26.0 Å². The minimum Gasteiger partial charge on any atom is -0.386 e. The molecule has 2 N–H and O–H groups in total. The lowest BCUT2D eigenvalue weighted by Crippen LogP contribution is -2.28. The van der Waals surface area contributed by atoms with E-state index in [2.05, 4.69) is 27.7 Å². The van der Waals surface area contributed by atoms with E-state index in [0.29, 0.717) is 24.7 Å². The van der Waals surface area contributed by atoms with Crippen molar-refractivity contribution in [2.24, 2.45) is 11.8 Å². The fraction of sp³-hybridized carbons (Fsp3) is 0.857. The summed E-state index contributed by atoms with van der Waals surface area (Å²) < 4.78 is 0. The molecule has 0 bridgehead atoms. The first-order chi connectivity index (χ1) is 7.04. The predicted octanol–water partition coefficient (Wildman–Crippen LogP) is 3.14. The summed E-state index contributed by atoms with van der Waals surface area (Å²) in [5.74, 6) is 0.879. The van der Waals surface area contributed by atoms with Gasteiger partial charge in [0, 0.05) is 0 Å². The molecule has 96 valence electrons. The van der Waals surface area contributed by atoms with E-state index >= 15 is 0 Å². The SMILES string of the molecule is CC(C)CC(C)(O)/C=C/C(C)(O)CC(C)C. The zero-order valence-electron chi connectivity index (χ0n) is 11.6. The van der Waals surface area contributed by atoms with Crippen molar-refractivity contribution in [1.29, 1.82) is 0 Å². The molecule has 0 aromatic carbocycles. The summed E-state index contributed by atoms with van der Waals surface area (Å²) >= 11 is 0. The highest BCUT2D eigenvalue weighted by atomic mass is 16.3. The Morgan fingerprint density at radius 1 is 0.812 bits per heavy atom. The second-order valence-electron chi connectivity index (χ2n) is 6.24. The summed E-state index contributed by atoms with van der Waals surface area (Å²) in [7, 11) is 0. The van der Waals surface area contributed by atoms with Crippen LogP contribution in [-0.4, -0.2) is 21.4 Å². The van der Waals surface area contributed by atoms with Crippen molar-refractivity contribution in [3.8, 4) is 0 Å². The topological polar surface area (TPSA) is 40.5 Å². The van der Waals surface area contributed by atoms with Crippen LogP contribution in [0.4, 0.5) is 0 Å². The van der Waals surface area contributed by atoms with Gasteiger partial charge >= 0.3 is 0 Å². The number of hydrogen-bond acceptors (Lipinski definition) is 2. The van der Waals surface area contributed by atoms with Gasteiger partial charge in [-0.3, -0.25) is 0 Å². The molecule has 0 spiro atoms. The summed E-state index contributed by atoms with van der Waals surface area (Å²) in [4.78, 5) is 0. The summed E-state index contributed by atoms with van der Waals surface area (Å²) in [5, 5.41) is 20.2. The van der Waals surface area contributed by atoms with E-state index < -0.39 is 11.2 Å². The van der Waals surface area contributed by atoms with Gasteiger partial charge in [-0.1, -0.05) is 39.8 Å². The van der Waals surface area contributed by atoms with Crippen LogP contribution in [0.2, 0.25) is 0 Å². The molecule has 2 unspecified atom stereocenters. The third kappa shape index (κ3) is 7.89. The molecule has 0 heterocycles. The maximum absolute atomic E-state index is 10.1. The average Bonchev–Trinajstić information content (AvgIpc) is 1.96. The summed E-state index contributed by atoms with van der Waals surface area (Å²) in [6.07, 6.45) is 4.88. The highest BCUT2D eigenvalue weighted by Crippen LogP contribution is 2.22. The van der Waals surface area contributed by atoms with Crippen LogP contribution in [0.3, 0.4) is 0 Å². The van der Waals surface area contributed by atoms with E-state index in [1.807, 2.05) is 0 Å². The van der Waals surface area contributed by atoms with Crippen LogP contribution in [0.5, 0.6) is 0 Å². The molecule has 0 aliphatic rings. The largest absolute Gasteiger partial charge is 0.386 e. The van der Waals surface area contributed by atoms with Crippen LogP contribution in [0.25, 0.3) is 0 Å². The van der Waals surface area contributed by atoms with Gasteiger partial charge in [-0.15, -0.1) is 0 Å². The van der Waals surface area contributed by atoms with Crippen LogP contribution in [0.15, 0.2) is 12.2 Å².